The van der Waals surface area contributed by atoms with Gasteiger partial charge in [-0.15, -0.1) is 0 Å². The van der Waals surface area contributed by atoms with Crippen LogP contribution < -0.4 is 10.6 Å². The average molecular weight is 262 g/mol. The topological polar surface area (TPSA) is 41.1 Å². The maximum absolute atomic E-state index is 12.0. The van der Waals surface area contributed by atoms with E-state index in [9.17, 15) is 4.79 Å². The Morgan fingerprint density at radius 3 is 2.79 bits per heavy atom. The van der Waals surface area contributed by atoms with Crippen LogP contribution in [0.5, 0.6) is 0 Å². The van der Waals surface area contributed by atoms with Crippen molar-refractivity contribution in [3.05, 3.63) is 11.6 Å². The number of nitrogens with one attached hydrogen (secondary N) is 2. The number of carbonyl (C=O) groups excluding carboxylic acids is 1. The third-order valence-corrected chi connectivity index (χ3v) is 4.95. The Morgan fingerprint density at radius 2 is 2.11 bits per heavy atom. The average Bonchev–Trinajstić information content (AvgIpc) is 2.99. The van der Waals surface area contributed by atoms with E-state index < -0.39 is 0 Å². The van der Waals surface area contributed by atoms with Gasteiger partial charge in [0, 0.05) is 25.0 Å². The van der Waals surface area contributed by atoms with Crippen molar-refractivity contribution in [3.63, 3.8) is 0 Å². The van der Waals surface area contributed by atoms with Gasteiger partial charge in [-0.25, -0.2) is 0 Å². The van der Waals surface area contributed by atoms with Crippen LogP contribution in [0.15, 0.2) is 11.6 Å². The summed E-state index contributed by atoms with van der Waals surface area (Å²) in [7, 11) is 0. The van der Waals surface area contributed by atoms with Gasteiger partial charge in [0.2, 0.25) is 5.91 Å². The second-order valence-electron chi connectivity index (χ2n) is 6.53. The summed E-state index contributed by atoms with van der Waals surface area (Å²) in [6.45, 7) is 0.836. The van der Waals surface area contributed by atoms with E-state index in [4.69, 9.17) is 0 Å². The van der Waals surface area contributed by atoms with Crippen LogP contribution in [0, 0.1) is 5.92 Å². The first-order valence-electron chi connectivity index (χ1n) is 8.00. The fourth-order valence-electron chi connectivity index (χ4n) is 4.00. The second kappa shape index (κ2) is 6.08. The highest BCUT2D eigenvalue weighted by atomic mass is 16.1. The zero-order valence-electron chi connectivity index (χ0n) is 11.8. The highest BCUT2D eigenvalue weighted by Crippen LogP contribution is 2.32. The van der Waals surface area contributed by atoms with E-state index in [-0.39, 0.29) is 5.91 Å². The van der Waals surface area contributed by atoms with Crippen LogP contribution in [0.25, 0.3) is 0 Å². The molecule has 106 valence electrons. The van der Waals surface area contributed by atoms with Gasteiger partial charge in [-0.05, 0) is 57.3 Å². The molecule has 3 heteroatoms. The summed E-state index contributed by atoms with van der Waals surface area (Å²) in [5, 5.41) is 6.74. The molecule has 2 aliphatic heterocycles. The zero-order chi connectivity index (χ0) is 13.1. The van der Waals surface area contributed by atoms with Crippen molar-refractivity contribution in [1.29, 1.82) is 0 Å². The van der Waals surface area contributed by atoms with Crippen molar-refractivity contribution < 1.29 is 4.79 Å². The lowest BCUT2D eigenvalue weighted by atomic mass is 9.89. The number of piperidine rings is 1. The number of fused-ring (bicyclic) bond motifs is 2. The van der Waals surface area contributed by atoms with E-state index in [0.717, 1.165) is 19.4 Å². The fraction of sp³-hybridized carbons (Fsp3) is 0.812. The number of hydrogen-bond acceptors (Lipinski definition) is 2. The molecule has 3 nitrogen and oxygen atoms in total. The van der Waals surface area contributed by atoms with Crippen molar-refractivity contribution in [2.45, 2.75) is 69.9 Å². The Labute approximate surface area is 116 Å². The molecule has 2 unspecified atom stereocenters. The first-order valence-corrected chi connectivity index (χ1v) is 8.00. The normalized spacial score (nSPS) is 33.3. The van der Waals surface area contributed by atoms with Crippen LogP contribution in [0.3, 0.4) is 0 Å². The van der Waals surface area contributed by atoms with E-state index >= 15 is 0 Å². The Kier molecular flexibility index (Phi) is 4.21. The van der Waals surface area contributed by atoms with Gasteiger partial charge in [0.05, 0.1) is 0 Å². The van der Waals surface area contributed by atoms with Crippen molar-refractivity contribution in [3.8, 4) is 0 Å². The lowest BCUT2D eigenvalue weighted by molar-refractivity contribution is -0.122. The van der Waals surface area contributed by atoms with Gasteiger partial charge in [-0.2, -0.15) is 0 Å². The molecule has 0 aromatic rings. The van der Waals surface area contributed by atoms with Gasteiger partial charge >= 0.3 is 0 Å². The van der Waals surface area contributed by atoms with Gasteiger partial charge in [-0.1, -0.05) is 11.6 Å². The van der Waals surface area contributed by atoms with Crippen molar-refractivity contribution >= 4 is 5.91 Å². The number of allylic oxidation sites excluding steroid dienone is 1. The zero-order valence-corrected chi connectivity index (χ0v) is 11.8. The molecular weight excluding hydrogens is 236 g/mol. The third-order valence-electron chi connectivity index (χ3n) is 4.95. The molecule has 3 rings (SSSR count). The summed E-state index contributed by atoms with van der Waals surface area (Å²) >= 11 is 0. The molecule has 2 atom stereocenters. The lowest BCUT2D eigenvalue weighted by Gasteiger charge is -2.28. The summed E-state index contributed by atoms with van der Waals surface area (Å²) in [6.07, 6.45) is 13.0. The SMILES string of the molecule is O=C(CC1CC2CCC(C1)N2)NCCC1=CCCC1. The maximum Gasteiger partial charge on any atom is 0.220 e. The molecule has 0 aromatic heterocycles. The predicted molar refractivity (Wildman–Crippen MR) is 76.8 cm³/mol. The standard InChI is InChI=1S/C16H26N2O/c19-16(17-8-7-12-3-1-2-4-12)11-13-9-14-5-6-15(10-13)18-14/h3,13-15,18H,1-2,4-11H2,(H,17,19). The quantitative estimate of drug-likeness (QED) is 0.748. The summed E-state index contributed by atoms with van der Waals surface area (Å²) in [5.41, 5.74) is 1.54. The molecule has 2 fully saturated rings. The Hall–Kier alpha value is -0.830. The molecule has 0 aromatic carbocycles. The molecule has 2 heterocycles. The molecule has 2 N–H and O–H groups in total. The highest BCUT2D eigenvalue weighted by Gasteiger charge is 2.34. The van der Waals surface area contributed by atoms with Gasteiger partial charge < -0.3 is 10.6 Å². The molecule has 0 spiro atoms. The van der Waals surface area contributed by atoms with Gasteiger partial charge in [0.15, 0.2) is 0 Å². The monoisotopic (exact) mass is 262 g/mol. The first-order chi connectivity index (χ1) is 9.29. The van der Waals surface area contributed by atoms with E-state index in [1.807, 2.05) is 0 Å². The van der Waals surface area contributed by atoms with E-state index in [1.165, 1.54) is 44.9 Å². The van der Waals surface area contributed by atoms with Crippen LogP contribution in [0.4, 0.5) is 0 Å². The number of rotatable bonds is 5. The molecule has 2 saturated heterocycles. The van der Waals surface area contributed by atoms with E-state index in [0.29, 0.717) is 18.0 Å². The Morgan fingerprint density at radius 1 is 1.32 bits per heavy atom. The van der Waals surface area contributed by atoms with Gasteiger partial charge in [-0.3, -0.25) is 4.79 Å². The summed E-state index contributed by atoms with van der Waals surface area (Å²) in [5.74, 6) is 0.884. The largest absolute Gasteiger partial charge is 0.356 e. The molecule has 1 aliphatic carbocycles. The van der Waals surface area contributed by atoms with Crippen LogP contribution in [0.2, 0.25) is 0 Å². The summed E-state index contributed by atoms with van der Waals surface area (Å²) in [4.78, 5) is 12.0. The van der Waals surface area contributed by atoms with Crippen LogP contribution in [-0.2, 0) is 4.79 Å². The number of carbonyl (C=O) groups is 1. The lowest BCUT2D eigenvalue weighted by Crippen LogP contribution is -2.39. The summed E-state index contributed by atoms with van der Waals surface area (Å²) in [6, 6.07) is 1.39. The van der Waals surface area contributed by atoms with E-state index in [2.05, 4.69) is 16.7 Å². The Bertz CT molecular complexity index is 352. The van der Waals surface area contributed by atoms with Crippen molar-refractivity contribution in [2.24, 2.45) is 5.92 Å². The molecule has 0 radical (unpaired) electrons. The smallest absolute Gasteiger partial charge is 0.220 e. The third kappa shape index (κ3) is 3.59. The Balaban J connectivity index is 1.34. The van der Waals surface area contributed by atoms with Crippen LogP contribution >= 0.6 is 0 Å². The minimum atomic E-state index is 0.268. The first kappa shape index (κ1) is 13.2. The fourth-order valence-corrected chi connectivity index (χ4v) is 4.00. The maximum atomic E-state index is 12.0. The molecule has 1 amide bonds. The molecule has 2 bridgehead atoms. The predicted octanol–water partition coefficient (Wildman–Crippen LogP) is 2.52. The van der Waals surface area contributed by atoms with E-state index in [1.54, 1.807) is 5.57 Å². The van der Waals surface area contributed by atoms with Crippen molar-refractivity contribution in [1.82, 2.24) is 10.6 Å². The molecule has 19 heavy (non-hydrogen) atoms. The van der Waals surface area contributed by atoms with Crippen LogP contribution in [-0.4, -0.2) is 24.5 Å². The summed E-state index contributed by atoms with van der Waals surface area (Å²) < 4.78 is 0. The van der Waals surface area contributed by atoms with Gasteiger partial charge in [0.1, 0.15) is 0 Å². The second-order valence-corrected chi connectivity index (χ2v) is 6.53. The van der Waals surface area contributed by atoms with Gasteiger partial charge in [0.25, 0.3) is 0 Å². The molecular formula is C16H26N2O. The minimum Gasteiger partial charge on any atom is -0.356 e. The minimum absolute atomic E-state index is 0.268. The number of amides is 1. The molecule has 3 aliphatic rings. The highest BCUT2D eigenvalue weighted by molar-refractivity contribution is 5.76. The van der Waals surface area contributed by atoms with Crippen molar-refractivity contribution in [2.75, 3.05) is 6.54 Å². The van der Waals surface area contributed by atoms with Crippen LogP contribution in [0.1, 0.15) is 57.8 Å². The number of hydrogen-bond donors (Lipinski definition) is 2. The molecule has 0 saturated carbocycles.